The zero-order valence-corrected chi connectivity index (χ0v) is 11.3. The van der Waals surface area contributed by atoms with E-state index in [2.05, 4.69) is 15.6 Å². The van der Waals surface area contributed by atoms with Crippen LogP contribution in [0.4, 0.5) is 17.2 Å². The van der Waals surface area contributed by atoms with E-state index in [0.29, 0.717) is 23.8 Å². The number of nitrogens with one attached hydrogen (secondary N) is 2. The van der Waals surface area contributed by atoms with Crippen LogP contribution in [0.3, 0.4) is 0 Å². The molecule has 0 bridgehead atoms. The summed E-state index contributed by atoms with van der Waals surface area (Å²) in [4.78, 5) is 14.2. The largest absolute Gasteiger partial charge is 0.382 e. The molecule has 0 unspecified atom stereocenters. The van der Waals surface area contributed by atoms with E-state index in [4.69, 9.17) is 11.6 Å². The van der Waals surface area contributed by atoms with Gasteiger partial charge in [-0.25, -0.2) is 4.98 Å². The van der Waals surface area contributed by atoms with E-state index >= 15 is 0 Å². The molecule has 2 rings (SSSR count). The van der Waals surface area contributed by atoms with Gasteiger partial charge in [0.1, 0.15) is 5.82 Å². The van der Waals surface area contributed by atoms with Crippen LogP contribution in [-0.4, -0.2) is 23.0 Å². The van der Waals surface area contributed by atoms with Gasteiger partial charge in [0.15, 0.2) is 0 Å². The summed E-state index contributed by atoms with van der Waals surface area (Å²) in [6.45, 7) is 1.28. The van der Waals surface area contributed by atoms with E-state index in [1.807, 2.05) is 18.2 Å². The fraction of sp³-hybridized carbons (Fsp3) is 0.154. The second kappa shape index (κ2) is 6.72. The van der Waals surface area contributed by atoms with Crippen molar-refractivity contribution in [3.05, 3.63) is 57.7 Å². The number of hydrogen-bond acceptors (Lipinski definition) is 5. The van der Waals surface area contributed by atoms with Crippen molar-refractivity contribution in [1.29, 1.82) is 0 Å². The number of nitro groups is 1. The van der Waals surface area contributed by atoms with Crippen molar-refractivity contribution < 1.29 is 4.92 Å². The Balaban J connectivity index is 1.84. The Bertz CT molecular complexity index is 592. The Morgan fingerprint density at radius 1 is 1.20 bits per heavy atom. The summed E-state index contributed by atoms with van der Waals surface area (Å²) >= 11 is 5.97. The standard InChI is InChI=1S/C13H13ClN4O2/c14-11-9-10(18(19)20)4-5-12(11)15-7-8-17-13-3-1-2-6-16-13/h1-6,9,15H,7-8H2,(H,16,17). The Kier molecular flexibility index (Phi) is 4.73. The monoisotopic (exact) mass is 292 g/mol. The van der Waals surface area contributed by atoms with Gasteiger partial charge in [-0.05, 0) is 18.2 Å². The Morgan fingerprint density at radius 3 is 2.65 bits per heavy atom. The molecule has 0 saturated carbocycles. The summed E-state index contributed by atoms with van der Waals surface area (Å²) in [5.41, 5.74) is 0.646. The fourth-order valence-corrected chi connectivity index (χ4v) is 1.86. The lowest BCUT2D eigenvalue weighted by Gasteiger charge is -2.09. The van der Waals surface area contributed by atoms with Crippen molar-refractivity contribution in [2.24, 2.45) is 0 Å². The predicted octanol–water partition coefficient (Wildman–Crippen LogP) is 3.17. The molecule has 7 heteroatoms. The summed E-state index contributed by atoms with van der Waals surface area (Å²) < 4.78 is 0. The highest BCUT2D eigenvalue weighted by molar-refractivity contribution is 6.33. The van der Waals surface area contributed by atoms with E-state index in [1.54, 1.807) is 12.3 Å². The maximum atomic E-state index is 10.6. The van der Waals surface area contributed by atoms with Gasteiger partial charge < -0.3 is 10.6 Å². The summed E-state index contributed by atoms with van der Waals surface area (Å²) in [5.74, 6) is 0.795. The van der Waals surface area contributed by atoms with Gasteiger partial charge in [-0.1, -0.05) is 17.7 Å². The van der Waals surface area contributed by atoms with E-state index in [9.17, 15) is 10.1 Å². The molecule has 0 atom stereocenters. The van der Waals surface area contributed by atoms with Crippen LogP contribution >= 0.6 is 11.6 Å². The van der Waals surface area contributed by atoms with Crippen LogP contribution < -0.4 is 10.6 Å². The smallest absolute Gasteiger partial charge is 0.271 e. The first kappa shape index (κ1) is 14.1. The minimum atomic E-state index is -0.474. The highest BCUT2D eigenvalue weighted by atomic mass is 35.5. The first-order valence-corrected chi connectivity index (χ1v) is 6.37. The van der Waals surface area contributed by atoms with Crippen LogP contribution in [-0.2, 0) is 0 Å². The van der Waals surface area contributed by atoms with Gasteiger partial charge in [0, 0.05) is 31.4 Å². The zero-order chi connectivity index (χ0) is 14.4. The number of hydrogen-bond donors (Lipinski definition) is 2. The zero-order valence-electron chi connectivity index (χ0n) is 10.5. The molecule has 2 N–H and O–H groups in total. The van der Waals surface area contributed by atoms with Gasteiger partial charge in [0.2, 0.25) is 0 Å². The highest BCUT2D eigenvalue weighted by Crippen LogP contribution is 2.26. The van der Waals surface area contributed by atoms with Gasteiger partial charge in [-0.3, -0.25) is 10.1 Å². The van der Waals surface area contributed by atoms with Crippen LogP contribution in [0.2, 0.25) is 5.02 Å². The summed E-state index contributed by atoms with van der Waals surface area (Å²) in [6, 6.07) is 9.96. The lowest BCUT2D eigenvalue weighted by Crippen LogP contribution is -2.14. The Hall–Kier alpha value is -2.34. The first-order valence-electron chi connectivity index (χ1n) is 5.99. The molecule has 0 aliphatic heterocycles. The predicted molar refractivity (Wildman–Crippen MR) is 79.3 cm³/mol. The molecule has 20 heavy (non-hydrogen) atoms. The first-order chi connectivity index (χ1) is 9.66. The van der Waals surface area contributed by atoms with E-state index in [0.717, 1.165) is 5.82 Å². The molecular formula is C13H13ClN4O2. The lowest BCUT2D eigenvalue weighted by molar-refractivity contribution is -0.384. The average Bonchev–Trinajstić information content (AvgIpc) is 2.46. The molecule has 0 amide bonds. The number of benzene rings is 1. The number of nitrogens with zero attached hydrogens (tertiary/aromatic N) is 2. The molecule has 1 aromatic heterocycles. The molecule has 0 radical (unpaired) electrons. The SMILES string of the molecule is O=[N+]([O-])c1ccc(NCCNc2ccccn2)c(Cl)c1. The van der Waals surface area contributed by atoms with Crippen LogP contribution in [0.15, 0.2) is 42.6 Å². The fourth-order valence-electron chi connectivity index (χ4n) is 1.62. The lowest BCUT2D eigenvalue weighted by atomic mass is 10.3. The quantitative estimate of drug-likeness (QED) is 0.485. The average molecular weight is 293 g/mol. The van der Waals surface area contributed by atoms with Crippen molar-refractivity contribution >= 4 is 28.8 Å². The maximum absolute atomic E-state index is 10.6. The van der Waals surface area contributed by atoms with Crippen LogP contribution in [0, 0.1) is 10.1 Å². The van der Waals surface area contributed by atoms with E-state index in [1.165, 1.54) is 12.1 Å². The van der Waals surface area contributed by atoms with Crippen molar-refractivity contribution in [1.82, 2.24) is 4.98 Å². The summed E-state index contributed by atoms with van der Waals surface area (Å²) in [7, 11) is 0. The molecular weight excluding hydrogens is 280 g/mol. The van der Waals surface area contributed by atoms with Gasteiger partial charge in [0.25, 0.3) is 5.69 Å². The number of rotatable bonds is 6. The number of halogens is 1. The van der Waals surface area contributed by atoms with Gasteiger partial charge in [-0.2, -0.15) is 0 Å². The number of aromatic nitrogens is 1. The van der Waals surface area contributed by atoms with Crippen molar-refractivity contribution in [2.45, 2.75) is 0 Å². The number of nitro benzene ring substituents is 1. The normalized spacial score (nSPS) is 10.1. The number of anilines is 2. The van der Waals surface area contributed by atoms with Gasteiger partial charge >= 0.3 is 0 Å². The third kappa shape index (κ3) is 3.83. The summed E-state index contributed by atoms with van der Waals surface area (Å²) in [5, 5.41) is 17.2. The molecule has 6 nitrogen and oxygen atoms in total. The van der Waals surface area contributed by atoms with E-state index in [-0.39, 0.29) is 5.69 Å². The topological polar surface area (TPSA) is 80.1 Å². The third-order valence-electron chi connectivity index (χ3n) is 2.57. The Morgan fingerprint density at radius 2 is 2.00 bits per heavy atom. The molecule has 104 valence electrons. The third-order valence-corrected chi connectivity index (χ3v) is 2.89. The second-order valence-corrected chi connectivity index (χ2v) is 4.40. The molecule has 1 aromatic carbocycles. The highest BCUT2D eigenvalue weighted by Gasteiger charge is 2.08. The number of pyridine rings is 1. The number of non-ortho nitro benzene ring substituents is 1. The molecule has 2 aromatic rings. The minimum Gasteiger partial charge on any atom is -0.382 e. The molecule has 0 saturated heterocycles. The van der Waals surface area contributed by atoms with E-state index < -0.39 is 4.92 Å². The van der Waals surface area contributed by atoms with Gasteiger partial charge in [-0.15, -0.1) is 0 Å². The minimum absolute atomic E-state index is 0.0211. The Labute approximate surface area is 120 Å². The maximum Gasteiger partial charge on any atom is 0.271 e. The van der Waals surface area contributed by atoms with Gasteiger partial charge in [0.05, 0.1) is 15.6 Å². The molecule has 0 aliphatic rings. The van der Waals surface area contributed by atoms with Crippen molar-refractivity contribution in [3.8, 4) is 0 Å². The molecule has 0 spiro atoms. The molecule has 1 heterocycles. The van der Waals surface area contributed by atoms with Crippen LogP contribution in [0.5, 0.6) is 0 Å². The van der Waals surface area contributed by atoms with Crippen LogP contribution in [0.25, 0.3) is 0 Å². The van der Waals surface area contributed by atoms with Crippen LogP contribution in [0.1, 0.15) is 0 Å². The second-order valence-electron chi connectivity index (χ2n) is 3.99. The van der Waals surface area contributed by atoms with Crippen molar-refractivity contribution in [2.75, 3.05) is 23.7 Å². The summed E-state index contributed by atoms with van der Waals surface area (Å²) in [6.07, 6.45) is 1.71. The van der Waals surface area contributed by atoms with Crippen molar-refractivity contribution in [3.63, 3.8) is 0 Å². The molecule has 0 fully saturated rings. The molecule has 0 aliphatic carbocycles.